The molecule has 0 atom stereocenters. The third-order valence-corrected chi connectivity index (χ3v) is 2.88. The topological polar surface area (TPSA) is 67.2 Å². The minimum absolute atomic E-state index is 0.227. The molecule has 1 aromatic heterocycles. The highest BCUT2D eigenvalue weighted by molar-refractivity contribution is 5.64. The van der Waals surface area contributed by atoms with Crippen LogP contribution in [-0.2, 0) is 13.1 Å². The Kier molecular flexibility index (Phi) is 3.79. The Labute approximate surface area is 109 Å². The number of carbonyl (C=O) groups is 1. The first-order valence-corrected chi connectivity index (χ1v) is 5.79. The second kappa shape index (κ2) is 5.51. The minimum Gasteiger partial charge on any atom is -0.465 e. The van der Waals surface area contributed by atoms with E-state index in [0.717, 1.165) is 16.8 Å². The average molecular weight is 263 g/mol. The molecule has 6 heteroatoms. The standard InChI is InChI=1S/C13H14FN3O2/c1-9-11(6-15-13(18)19)7-16-17(9)8-10-2-4-12(14)5-3-10/h2-5,7,15H,6,8H2,1H3,(H,18,19). The van der Waals surface area contributed by atoms with Crippen LogP contribution in [0.25, 0.3) is 0 Å². The molecule has 19 heavy (non-hydrogen) atoms. The van der Waals surface area contributed by atoms with E-state index < -0.39 is 6.09 Å². The molecule has 0 aliphatic carbocycles. The first kappa shape index (κ1) is 13.1. The fraction of sp³-hybridized carbons (Fsp3) is 0.231. The summed E-state index contributed by atoms with van der Waals surface area (Å²) in [5.41, 5.74) is 2.65. The number of aromatic nitrogens is 2. The van der Waals surface area contributed by atoms with Gasteiger partial charge < -0.3 is 10.4 Å². The summed E-state index contributed by atoms with van der Waals surface area (Å²) >= 11 is 0. The summed E-state index contributed by atoms with van der Waals surface area (Å²) in [4.78, 5) is 10.4. The second-order valence-electron chi connectivity index (χ2n) is 4.20. The van der Waals surface area contributed by atoms with Gasteiger partial charge in [0.25, 0.3) is 0 Å². The average Bonchev–Trinajstić information content (AvgIpc) is 2.71. The Morgan fingerprint density at radius 1 is 1.42 bits per heavy atom. The van der Waals surface area contributed by atoms with Gasteiger partial charge in [-0.15, -0.1) is 0 Å². The van der Waals surface area contributed by atoms with Crippen LogP contribution >= 0.6 is 0 Å². The predicted octanol–water partition coefficient (Wildman–Crippen LogP) is 2.15. The Morgan fingerprint density at radius 2 is 2.11 bits per heavy atom. The summed E-state index contributed by atoms with van der Waals surface area (Å²) in [6.45, 7) is 2.62. The number of hydrogen-bond acceptors (Lipinski definition) is 2. The maximum absolute atomic E-state index is 12.8. The smallest absolute Gasteiger partial charge is 0.404 e. The maximum Gasteiger partial charge on any atom is 0.404 e. The fourth-order valence-electron chi connectivity index (χ4n) is 1.75. The fourth-order valence-corrected chi connectivity index (χ4v) is 1.75. The van der Waals surface area contributed by atoms with Crippen molar-refractivity contribution in [1.29, 1.82) is 0 Å². The van der Waals surface area contributed by atoms with Crippen molar-refractivity contribution in [3.63, 3.8) is 0 Å². The van der Waals surface area contributed by atoms with Crippen molar-refractivity contribution in [1.82, 2.24) is 15.1 Å². The molecule has 0 unspecified atom stereocenters. The Bertz CT molecular complexity index is 578. The number of carboxylic acid groups (broad SMARTS) is 1. The first-order chi connectivity index (χ1) is 9.06. The molecule has 2 N–H and O–H groups in total. The zero-order valence-corrected chi connectivity index (χ0v) is 10.4. The van der Waals surface area contributed by atoms with E-state index in [1.807, 2.05) is 6.92 Å². The van der Waals surface area contributed by atoms with Crippen molar-refractivity contribution in [3.05, 3.63) is 53.1 Å². The van der Waals surface area contributed by atoms with Crippen LogP contribution in [0.15, 0.2) is 30.5 Å². The summed E-state index contributed by atoms with van der Waals surface area (Å²) in [7, 11) is 0. The number of rotatable bonds is 4. The zero-order valence-electron chi connectivity index (χ0n) is 10.4. The highest BCUT2D eigenvalue weighted by Crippen LogP contribution is 2.10. The summed E-state index contributed by atoms with van der Waals surface area (Å²) in [5.74, 6) is -0.271. The third kappa shape index (κ3) is 3.31. The molecule has 2 aromatic rings. The van der Waals surface area contributed by atoms with E-state index in [9.17, 15) is 9.18 Å². The highest BCUT2D eigenvalue weighted by Gasteiger charge is 2.07. The van der Waals surface area contributed by atoms with Crippen molar-refractivity contribution in [2.75, 3.05) is 0 Å². The number of amides is 1. The number of benzene rings is 1. The van der Waals surface area contributed by atoms with Crippen molar-refractivity contribution in [2.45, 2.75) is 20.0 Å². The first-order valence-electron chi connectivity index (χ1n) is 5.79. The van der Waals surface area contributed by atoms with Gasteiger partial charge >= 0.3 is 6.09 Å². The molecule has 0 bridgehead atoms. The van der Waals surface area contributed by atoms with Gasteiger partial charge in [-0.3, -0.25) is 4.68 Å². The largest absolute Gasteiger partial charge is 0.465 e. The van der Waals surface area contributed by atoms with Crippen LogP contribution in [0, 0.1) is 12.7 Å². The molecule has 1 amide bonds. The molecule has 0 radical (unpaired) electrons. The van der Waals surface area contributed by atoms with Crippen LogP contribution < -0.4 is 5.32 Å². The van der Waals surface area contributed by atoms with E-state index in [1.54, 1.807) is 23.0 Å². The quantitative estimate of drug-likeness (QED) is 0.888. The molecule has 0 aliphatic heterocycles. The van der Waals surface area contributed by atoms with Gasteiger partial charge in [-0.2, -0.15) is 5.10 Å². The monoisotopic (exact) mass is 263 g/mol. The molecule has 0 spiro atoms. The van der Waals surface area contributed by atoms with Crippen LogP contribution in [-0.4, -0.2) is 21.0 Å². The van der Waals surface area contributed by atoms with Crippen LogP contribution in [0.1, 0.15) is 16.8 Å². The molecular formula is C13H14FN3O2. The van der Waals surface area contributed by atoms with Gasteiger partial charge in [0.15, 0.2) is 0 Å². The van der Waals surface area contributed by atoms with Crippen LogP contribution in [0.4, 0.5) is 9.18 Å². The van der Waals surface area contributed by atoms with Gasteiger partial charge in [-0.05, 0) is 24.6 Å². The van der Waals surface area contributed by atoms with Crippen molar-refractivity contribution in [3.8, 4) is 0 Å². The van der Waals surface area contributed by atoms with Gasteiger partial charge in [-0.1, -0.05) is 12.1 Å². The van der Waals surface area contributed by atoms with E-state index in [1.165, 1.54) is 12.1 Å². The van der Waals surface area contributed by atoms with Gasteiger partial charge in [-0.25, -0.2) is 9.18 Å². The second-order valence-corrected chi connectivity index (χ2v) is 4.20. The van der Waals surface area contributed by atoms with Crippen LogP contribution in [0.2, 0.25) is 0 Å². The lowest BCUT2D eigenvalue weighted by Crippen LogP contribution is -2.20. The summed E-state index contributed by atoms with van der Waals surface area (Å²) in [6, 6.07) is 6.21. The van der Waals surface area contributed by atoms with E-state index in [2.05, 4.69) is 10.4 Å². The van der Waals surface area contributed by atoms with Crippen molar-refractivity contribution in [2.24, 2.45) is 0 Å². The third-order valence-electron chi connectivity index (χ3n) is 2.88. The predicted molar refractivity (Wildman–Crippen MR) is 67.3 cm³/mol. The molecule has 0 aliphatic rings. The summed E-state index contributed by atoms with van der Waals surface area (Å²) in [6.07, 6.45) is 0.570. The molecule has 0 saturated carbocycles. The minimum atomic E-state index is -1.06. The molecule has 0 fully saturated rings. The molecule has 100 valence electrons. The lowest BCUT2D eigenvalue weighted by atomic mass is 10.2. The summed E-state index contributed by atoms with van der Waals surface area (Å²) < 4.78 is 14.6. The van der Waals surface area contributed by atoms with Gasteiger partial charge in [0.1, 0.15) is 5.82 Å². The molecule has 5 nitrogen and oxygen atoms in total. The van der Waals surface area contributed by atoms with E-state index in [0.29, 0.717) is 6.54 Å². The lowest BCUT2D eigenvalue weighted by molar-refractivity contribution is 0.194. The van der Waals surface area contributed by atoms with Gasteiger partial charge in [0, 0.05) is 17.8 Å². The normalized spacial score (nSPS) is 10.4. The summed E-state index contributed by atoms with van der Waals surface area (Å²) in [5, 5.41) is 15.1. The Balaban J connectivity index is 2.09. The molecule has 0 saturated heterocycles. The molecule has 2 rings (SSSR count). The Hall–Kier alpha value is -2.37. The SMILES string of the molecule is Cc1c(CNC(=O)O)cnn1Cc1ccc(F)cc1. The number of hydrogen-bond donors (Lipinski definition) is 2. The highest BCUT2D eigenvalue weighted by atomic mass is 19.1. The molecular weight excluding hydrogens is 249 g/mol. The number of halogens is 1. The van der Waals surface area contributed by atoms with Crippen LogP contribution in [0.3, 0.4) is 0 Å². The van der Waals surface area contributed by atoms with Crippen molar-refractivity contribution >= 4 is 6.09 Å². The molecule has 1 heterocycles. The van der Waals surface area contributed by atoms with Gasteiger partial charge in [0.05, 0.1) is 12.7 Å². The van der Waals surface area contributed by atoms with E-state index in [4.69, 9.17) is 5.11 Å². The zero-order chi connectivity index (χ0) is 13.8. The molecule has 1 aromatic carbocycles. The van der Waals surface area contributed by atoms with Crippen molar-refractivity contribution < 1.29 is 14.3 Å². The van der Waals surface area contributed by atoms with E-state index >= 15 is 0 Å². The van der Waals surface area contributed by atoms with Gasteiger partial charge in [0.2, 0.25) is 0 Å². The number of nitrogens with zero attached hydrogens (tertiary/aromatic N) is 2. The van der Waals surface area contributed by atoms with Crippen LogP contribution in [0.5, 0.6) is 0 Å². The maximum atomic E-state index is 12.8. The van der Waals surface area contributed by atoms with E-state index in [-0.39, 0.29) is 12.4 Å². The lowest BCUT2D eigenvalue weighted by Gasteiger charge is -2.06. The Morgan fingerprint density at radius 3 is 2.74 bits per heavy atom. The number of nitrogens with one attached hydrogen (secondary N) is 1.